The van der Waals surface area contributed by atoms with E-state index < -0.39 is 0 Å². The van der Waals surface area contributed by atoms with Crippen LogP contribution in [0.2, 0.25) is 0 Å². The van der Waals surface area contributed by atoms with Crippen molar-refractivity contribution in [1.29, 1.82) is 0 Å². The fourth-order valence-electron chi connectivity index (χ4n) is 2.46. The molecule has 2 unspecified atom stereocenters. The molecule has 1 fully saturated rings. The number of halogens is 1. The molecule has 1 aromatic rings. The Bertz CT molecular complexity index is 333. The molecule has 0 aliphatic heterocycles. The first-order chi connectivity index (χ1) is 8.29. The minimum Gasteiger partial charge on any atom is -0.308 e. The average Bonchev–Trinajstić information content (AvgIpc) is 2.38. The van der Waals surface area contributed by atoms with Crippen molar-refractivity contribution in [3.05, 3.63) is 35.4 Å². The lowest BCUT2D eigenvalue weighted by atomic mass is 9.95. The van der Waals surface area contributed by atoms with E-state index in [9.17, 15) is 0 Å². The van der Waals surface area contributed by atoms with Gasteiger partial charge in [0.15, 0.2) is 0 Å². The molecule has 0 spiro atoms. The van der Waals surface area contributed by atoms with Crippen molar-refractivity contribution < 1.29 is 0 Å². The highest BCUT2D eigenvalue weighted by atomic mass is 35.5. The summed E-state index contributed by atoms with van der Waals surface area (Å²) in [7, 11) is 0. The van der Waals surface area contributed by atoms with E-state index in [1.54, 1.807) is 0 Å². The topological polar surface area (TPSA) is 12.0 Å². The number of alkyl halides is 1. The number of nitrogens with one attached hydrogen (secondary N) is 1. The van der Waals surface area contributed by atoms with Crippen LogP contribution in [0.15, 0.2) is 24.3 Å². The van der Waals surface area contributed by atoms with Gasteiger partial charge in [-0.15, -0.1) is 11.6 Å². The minimum atomic E-state index is 0.318. The van der Waals surface area contributed by atoms with E-state index in [2.05, 4.69) is 36.5 Å². The zero-order valence-corrected chi connectivity index (χ0v) is 11.3. The molecule has 1 aliphatic carbocycles. The molecule has 1 saturated carbocycles. The van der Waals surface area contributed by atoms with Crippen LogP contribution in [0.25, 0.3) is 0 Å². The predicted octanol–water partition coefficient (Wildman–Crippen LogP) is 3.89. The molecule has 17 heavy (non-hydrogen) atoms. The lowest BCUT2D eigenvalue weighted by molar-refractivity contribution is 0.378. The van der Waals surface area contributed by atoms with Crippen LogP contribution in [-0.4, -0.2) is 11.4 Å². The van der Waals surface area contributed by atoms with E-state index in [0.29, 0.717) is 11.4 Å². The monoisotopic (exact) mass is 251 g/mol. The van der Waals surface area contributed by atoms with Crippen molar-refractivity contribution in [3.8, 4) is 0 Å². The Labute approximate surface area is 110 Å². The number of aryl methyl sites for hydroxylation is 1. The second-order valence-electron chi connectivity index (χ2n) is 4.96. The second kappa shape index (κ2) is 6.42. The van der Waals surface area contributed by atoms with Gasteiger partial charge in [-0.2, -0.15) is 0 Å². The van der Waals surface area contributed by atoms with Crippen LogP contribution >= 0.6 is 11.6 Å². The van der Waals surface area contributed by atoms with E-state index in [1.165, 1.54) is 30.4 Å². The summed E-state index contributed by atoms with van der Waals surface area (Å²) in [4.78, 5) is 0. The maximum Gasteiger partial charge on any atom is 0.0489 e. The molecule has 2 heteroatoms. The highest BCUT2D eigenvalue weighted by Gasteiger charge is 2.22. The van der Waals surface area contributed by atoms with Crippen molar-refractivity contribution in [3.63, 3.8) is 0 Å². The van der Waals surface area contributed by atoms with Gasteiger partial charge < -0.3 is 5.32 Å². The largest absolute Gasteiger partial charge is 0.308 e. The Kier molecular flexibility index (Phi) is 4.87. The van der Waals surface area contributed by atoms with Gasteiger partial charge in [-0.05, 0) is 30.4 Å². The molecule has 0 aromatic heterocycles. The molecule has 1 aromatic carbocycles. The van der Waals surface area contributed by atoms with Crippen LogP contribution in [0.3, 0.4) is 0 Å². The Morgan fingerprint density at radius 3 is 2.41 bits per heavy atom. The summed E-state index contributed by atoms with van der Waals surface area (Å²) >= 11 is 6.33. The molecule has 1 aliphatic rings. The van der Waals surface area contributed by atoms with Gasteiger partial charge in [0.1, 0.15) is 0 Å². The van der Waals surface area contributed by atoms with Gasteiger partial charge in [-0.3, -0.25) is 0 Å². The first-order valence-corrected chi connectivity index (χ1v) is 7.18. The number of benzene rings is 1. The molecule has 0 amide bonds. The third-order valence-corrected chi connectivity index (χ3v) is 4.20. The summed E-state index contributed by atoms with van der Waals surface area (Å²) in [5.74, 6) is 0. The van der Waals surface area contributed by atoms with Gasteiger partial charge >= 0.3 is 0 Å². The molecule has 2 atom stereocenters. The predicted molar refractivity (Wildman–Crippen MR) is 74.6 cm³/mol. The standard InChI is InChI=1S/C15H22ClN/c1-2-12-7-9-13(10-8-12)11-17-15-6-4-3-5-14(15)16/h7-10,14-15,17H,2-6,11H2,1H3. The Morgan fingerprint density at radius 1 is 1.12 bits per heavy atom. The first kappa shape index (κ1) is 12.9. The van der Waals surface area contributed by atoms with E-state index in [1.807, 2.05) is 0 Å². The van der Waals surface area contributed by atoms with Gasteiger partial charge in [0.2, 0.25) is 0 Å². The molecule has 2 rings (SSSR count). The Hall–Kier alpha value is -0.530. The molecule has 0 heterocycles. The van der Waals surface area contributed by atoms with Gasteiger partial charge in [0.25, 0.3) is 0 Å². The Balaban J connectivity index is 1.84. The van der Waals surface area contributed by atoms with Crippen LogP contribution in [0, 0.1) is 0 Å². The Morgan fingerprint density at radius 2 is 1.76 bits per heavy atom. The molecular weight excluding hydrogens is 230 g/mol. The summed E-state index contributed by atoms with van der Waals surface area (Å²) < 4.78 is 0. The normalized spacial score (nSPS) is 24.8. The highest BCUT2D eigenvalue weighted by molar-refractivity contribution is 6.21. The first-order valence-electron chi connectivity index (χ1n) is 6.75. The number of hydrogen-bond donors (Lipinski definition) is 1. The van der Waals surface area contributed by atoms with Crippen LogP contribution in [0.5, 0.6) is 0 Å². The summed E-state index contributed by atoms with van der Waals surface area (Å²) in [6, 6.07) is 9.37. The van der Waals surface area contributed by atoms with E-state index >= 15 is 0 Å². The van der Waals surface area contributed by atoms with E-state index in [-0.39, 0.29) is 0 Å². The number of hydrogen-bond acceptors (Lipinski definition) is 1. The molecule has 0 radical (unpaired) electrons. The van der Waals surface area contributed by atoms with Gasteiger partial charge in [0, 0.05) is 18.0 Å². The number of rotatable bonds is 4. The third kappa shape index (κ3) is 3.72. The minimum absolute atomic E-state index is 0.318. The lowest BCUT2D eigenvalue weighted by Crippen LogP contribution is -2.38. The van der Waals surface area contributed by atoms with E-state index in [4.69, 9.17) is 11.6 Å². The van der Waals surface area contributed by atoms with Crippen LogP contribution < -0.4 is 5.32 Å². The van der Waals surface area contributed by atoms with Crippen molar-refractivity contribution in [2.24, 2.45) is 0 Å². The molecule has 1 N–H and O–H groups in total. The summed E-state index contributed by atoms with van der Waals surface area (Å²) in [6.07, 6.45) is 6.10. The maximum absolute atomic E-state index is 6.33. The third-order valence-electron chi connectivity index (χ3n) is 3.68. The summed E-state index contributed by atoms with van der Waals surface area (Å²) in [6.45, 7) is 3.13. The summed E-state index contributed by atoms with van der Waals surface area (Å²) in [5, 5.41) is 3.91. The fourth-order valence-corrected chi connectivity index (χ4v) is 2.83. The maximum atomic E-state index is 6.33. The van der Waals surface area contributed by atoms with Crippen molar-refractivity contribution in [1.82, 2.24) is 5.32 Å². The van der Waals surface area contributed by atoms with Gasteiger partial charge in [0.05, 0.1) is 0 Å². The molecule has 0 bridgehead atoms. The van der Waals surface area contributed by atoms with Gasteiger partial charge in [-0.1, -0.05) is 44.0 Å². The van der Waals surface area contributed by atoms with Gasteiger partial charge in [-0.25, -0.2) is 0 Å². The smallest absolute Gasteiger partial charge is 0.0489 e. The lowest BCUT2D eigenvalue weighted by Gasteiger charge is -2.28. The fraction of sp³-hybridized carbons (Fsp3) is 0.600. The molecular formula is C15H22ClN. The average molecular weight is 252 g/mol. The van der Waals surface area contributed by atoms with Crippen molar-refractivity contribution >= 4 is 11.6 Å². The molecule has 0 saturated heterocycles. The molecule has 1 nitrogen and oxygen atoms in total. The van der Waals surface area contributed by atoms with Crippen molar-refractivity contribution in [2.45, 2.75) is 57.0 Å². The highest BCUT2D eigenvalue weighted by Crippen LogP contribution is 2.23. The van der Waals surface area contributed by atoms with Crippen molar-refractivity contribution in [2.75, 3.05) is 0 Å². The quantitative estimate of drug-likeness (QED) is 0.801. The zero-order chi connectivity index (χ0) is 12.1. The van der Waals surface area contributed by atoms with Crippen LogP contribution in [-0.2, 0) is 13.0 Å². The molecule has 94 valence electrons. The SMILES string of the molecule is CCc1ccc(CNC2CCCCC2Cl)cc1. The second-order valence-corrected chi connectivity index (χ2v) is 5.52. The zero-order valence-electron chi connectivity index (χ0n) is 10.6. The van der Waals surface area contributed by atoms with E-state index in [0.717, 1.165) is 19.4 Å². The summed E-state index contributed by atoms with van der Waals surface area (Å²) in [5.41, 5.74) is 2.76. The van der Waals surface area contributed by atoms with Crippen LogP contribution in [0.4, 0.5) is 0 Å². The van der Waals surface area contributed by atoms with Crippen LogP contribution in [0.1, 0.15) is 43.7 Å².